The molecule has 1 N–H and O–H groups in total. The van der Waals surface area contributed by atoms with Crippen LogP contribution in [0.3, 0.4) is 0 Å². The molecule has 13 heteroatoms. The van der Waals surface area contributed by atoms with Gasteiger partial charge in [-0.3, -0.25) is 4.90 Å². The second-order valence-electron chi connectivity index (χ2n) is 12.6. The summed E-state index contributed by atoms with van der Waals surface area (Å²) in [7, 11) is 3.74. The third-order valence-corrected chi connectivity index (χ3v) is 8.21. The summed E-state index contributed by atoms with van der Waals surface area (Å²) in [6.45, 7) is 10.1. The molecular formula is C32H32ClF2N5O5. The molecule has 0 spiro atoms. The van der Waals surface area contributed by atoms with Gasteiger partial charge in [-0.2, -0.15) is 0 Å². The van der Waals surface area contributed by atoms with E-state index in [4.69, 9.17) is 21.1 Å². The van der Waals surface area contributed by atoms with Crippen LogP contribution in [0.15, 0.2) is 42.2 Å². The number of halogens is 3. The van der Waals surface area contributed by atoms with E-state index in [1.807, 2.05) is 23.9 Å². The maximum atomic E-state index is 16.6. The first-order valence-corrected chi connectivity index (χ1v) is 14.7. The molecule has 236 valence electrons. The number of phenolic OH excluding ortho intramolecular Hbond substituents is 1. The Morgan fingerprint density at radius 2 is 1.98 bits per heavy atom. The Morgan fingerprint density at radius 1 is 1.24 bits per heavy atom. The molecule has 1 amide bonds. The molecule has 0 bridgehead atoms. The molecule has 10 nitrogen and oxygen atoms in total. The number of hydrogen-bond donors (Lipinski definition) is 1. The van der Waals surface area contributed by atoms with E-state index in [1.54, 1.807) is 25.7 Å². The minimum absolute atomic E-state index is 0.00398. The Labute approximate surface area is 263 Å². The normalized spacial score (nSPS) is 19.4. The lowest BCUT2D eigenvalue weighted by Crippen LogP contribution is -2.61. The Hall–Kier alpha value is -4.38. The van der Waals surface area contributed by atoms with Gasteiger partial charge in [0.25, 0.3) is 0 Å². The lowest BCUT2D eigenvalue weighted by atomic mass is 9.94. The Kier molecular flexibility index (Phi) is 7.42. The number of pyridine rings is 1. The van der Waals surface area contributed by atoms with Gasteiger partial charge in [0.2, 0.25) is 5.88 Å². The molecule has 45 heavy (non-hydrogen) atoms. The third kappa shape index (κ3) is 5.12. The molecule has 1 saturated heterocycles. The second-order valence-corrected chi connectivity index (χ2v) is 13.0. The van der Waals surface area contributed by atoms with Crippen LogP contribution in [0.4, 0.5) is 25.0 Å². The number of hydrogen-bond acceptors (Lipinski definition) is 9. The molecule has 4 heterocycles. The number of carbonyl (C=O) groups excluding carboxylic acids is 2. The lowest BCUT2D eigenvalue weighted by molar-refractivity contribution is 0.0288. The first-order valence-electron chi connectivity index (χ1n) is 14.3. The second kappa shape index (κ2) is 10.9. The molecule has 3 aliphatic heterocycles. The van der Waals surface area contributed by atoms with Crippen LogP contribution in [-0.2, 0) is 9.53 Å². The molecule has 0 radical (unpaired) electrons. The van der Waals surface area contributed by atoms with E-state index in [0.29, 0.717) is 23.6 Å². The Balaban J connectivity index is 1.60. The quantitative estimate of drug-likeness (QED) is 0.381. The largest absolute Gasteiger partial charge is 0.507 e. The van der Waals surface area contributed by atoms with Crippen LogP contribution >= 0.6 is 11.6 Å². The number of benzene rings is 2. The number of nitrogens with zero attached hydrogens (tertiary/aromatic N) is 5. The summed E-state index contributed by atoms with van der Waals surface area (Å²) in [4.78, 5) is 37.3. The van der Waals surface area contributed by atoms with Gasteiger partial charge in [0.1, 0.15) is 46.1 Å². The summed E-state index contributed by atoms with van der Waals surface area (Å²) in [5.74, 6) is -0.153. The molecule has 0 unspecified atom stereocenters. The van der Waals surface area contributed by atoms with Crippen LogP contribution in [0.25, 0.3) is 22.0 Å². The number of ether oxygens (including phenoxy) is 2. The molecule has 0 saturated carbocycles. The zero-order valence-electron chi connectivity index (χ0n) is 25.4. The maximum absolute atomic E-state index is 16.6. The van der Waals surface area contributed by atoms with E-state index in [1.165, 1.54) is 23.1 Å². The SMILES string of the molecule is C=C1CN2c3c4c(nc5c(F)c(-c6c(O)cccc6F)c(Cl)cc35)O[C@H](CN(C)C)CN4C(=C=O)[C@H]2CN1C(=O)OC(C)(C)C. The van der Waals surface area contributed by atoms with Gasteiger partial charge in [0.15, 0.2) is 5.82 Å². The summed E-state index contributed by atoms with van der Waals surface area (Å²) in [6.07, 6.45) is -1.09. The van der Waals surface area contributed by atoms with E-state index in [9.17, 15) is 19.1 Å². The van der Waals surface area contributed by atoms with Gasteiger partial charge in [0, 0.05) is 23.2 Å². The highest BCUT2D eigenvalue weighted by Crippen LogP contribution is 2.53. The summed E-state index contributed by atoms with van der Waals surface area (Å²) < 4.78 is 43.5. The van der Waals surface area contributed by atoms with Crippen LogP contribution in [0.2, 0.25) is 5.02 Å². The van der Waals surface area contributed by atoms with Crippen LogP contribution in [-0.4, -0.2) is 89.9 Å². The van der Waals surface area contributed by atoms with Crippen molar-refractivity contribution < 1.29 is 33.0 Å². The van der Waals surface area contributed by atoms with Gasteiger partial charge in [0.05, 0.1) is 41.9 Å². The topological polar surface area (TPSA) is 98.7 Å². The standard InChI is InChI=1S/C32H32ClF2N5O5/c1-16-11-39-21(14-38(16)31(43)45-32(2,3)4)22(15-41)40-13-17(12-37(5)6)44-30-29(40)28(39)18-10-19(33)24(26(35)27(18)36-30)25-20(34)8-7-9-23(25)42/h7-10,17,21,42H,1,11-14H2,2-6H3/t17-,21-/m1/s1. The number of likely N-dealkylation sites (N-methyl/N-ethyl adjacent to an activating group) is 1. The molecule has 1 fully saturated rings. The Morgan fingerprint density at radius 3 is 2.62 bits per heavy atom. The third-order valence-electron chi connectivity index (χ3n) is 7.91. The number of aromatic hydroxyl groups is 1. The van der Waals surface area contributed by atoms with Crippen molar-refractivity contribution in [1.82, 2.24) is 14.8 Å². The minimum atomic E-state index is -0.957. The number of phenols is 1. The number of aromatic nitrogens is 1. The number of rotatable bonds is 3. The van der Waals surface area contributed by atoms with Crippen molar-refractivity contribution >= 4 is 45.9 Å². The van der Waals surface area contributed by atoms with Crippen LogP contribution < -0.4 is 14.5 Å². The highest BCUT2D eigenvalue weighted by Gasteiger charge is 2.48. The number of piperazine rings is 1. The zero-order chi connectivity index (χ0) is 32.5. The predicted molar refractivity (Wildman–Crippen MR) is 167 cm³/mol. The number of carbonyl (C=O) groups is 1. The molecule has 1 aromatic heterocycles. The van der Waals surface area contributed by atoms with Crippen molar-refractivity contribution in [3.63, 3.8) is 0 Å². The lowest BCUT2D eigenvalue weighted by Gasteiger charge is -2.52. The van der Waals surface area contributed by atoms with Crippen LogP contribution in [0, 0.1) is 11.6 Å². The Bertz CT molecular complexity index is 1800. The summed E-state index contributed by atoms with van der Waals surface area (Å²) in [5, 5.41) is 10.6. The molecule has 2 atom stereocenters. The maximum Gasteiger partial charge on any atom is 0.414 e. The van der Waals surface area contributed by atoms with Crippen molar-refractivity contribution in [3.05, 3.63) is 58.9 Å². The van der Waals surface area contributed by atoms with E-state index >= 15 is 4.39 Å². The molecule has 3 aromatic rings. The monoisotopic (exact) mass is 639 g/mol. The van der Waals surface area contributed by atoms with Crippen molar-refractivity contribution in [1.29, 1.82) is 0 Å². The molecule has 3 aliphatic rings. The number of amides is 1. The van der Waals surface area contributed by atoms with Gasteiger partial charge in [-0.25, -0.2) is 23.4 Å². The first kappa shape index (κ1) is 30.6. The minimum Gasteiger partial charge on any atom is -0.507 e. The van der Waals surface area contributed by atoms with Gasteiger partial charge in [-0.05, 0) is 53.1 Å². The number of anilines is 2. The molecule has 6 rings (SSSR count). The molecular weight excluding hydrogens is 608 g/mol. The summed E-state index contributed by atoms with van der Waals surface area (Å²) in [6, 6.07) is 4.38. The van der Waals surface area contributed by atoms with E-state index < -0.39 is 46.8 Å². The van der Waals surface area contributed by atoms with Gasteiger partial charge in [-0.1, -0.05) is 24.2 Å². The van der Waals surface area contributed by atoms with E-state index in [-0.39, 0.29) is 52.7 Å². The fraction of sp³-hybridized carbons (Fsp3) is 0.375. The molecule has 2 aromatic carbocycles. The summed E-state index contributed by atoms with van der Waals surface area (Å²) >= 11 is 6.65. The highest BCUT2D eigenvalue weighted by molar-refractivity contribution is 6.34. The van der Waals surface area contributed by atoms with Crippen molar-refractivity contribution in [2.24, 2.45) is 0 Å². The zero-order valence-corrected chi connectivity index (χ0v) is 26.2. The van der Waals surface area contributed by atoms with Crippen molar-refractivity contribution in [2.45, 2.75) is 38.5 Å². The fourth-order valence-corrected chi connectivity index (χ4v) is 6.47. The first-order chi connectivity index (χ1) is 21.2. The number of fused-ring (bicyclic) bond motifs is 4. The van der Waals surface area contributed by atoms with Crippen LogP contribution in [0.5, 0.6) is 11.6 Å². The fourth-order valence-electron chi connectivity index (χ4n) is 6.18. The van der Waals surface area contributed by atoms with Gasteiger partial charge in [-0.15, -0.1) is 0 Å². The molecule has 0 aliphatic carbocycles. The summed E-state index contributed by atoms with van der Waals surface area (Å²) in [5.41, 5.74) is -0.176. The highest BCUT2D eigenvalue weighted by atomic mass is 35.5. The van der Waals surface area contributed by atoms with E-state index in [0.717, 1.165) is 6.07 Å². The van der Waals surface area contributed by atoms with Crippen LogP contribution in [0.1, 0.15) is 20.8 Å². The average Bonchev–Trinajstić information content (AvgIpc) is 2.93. The van der Waals surface area contributed by atoms with E-state index in [2.05, 4.69) is 17.5 Å². The predicted octanol–water partition coefficient (Wildman–Crippen LogP) is 5.34. The van der Waals surface area contributed by atoms with Gasteiger partial charge >= 0.3 is 6.09 Å². The van der Waals surface area contributed by atoms with Gasteiger partial charge < -0.3 is 29.3 Å². The van der Waals surface area contributed by atoms with Crippen molar-refractivity contribution in [2.75, 3.05) is 50.1 Å². The van der Waals surface area contributed by atoms with Crippen molar-refractivity contribution in [3.8, 4) is 22.8 Å². The average molecular weight is 640 g/mol. The smallest absolute Gasteiger partial charge is 0.414 e.